The van der Waals surface area contributed by atoms with Gasteiger partial charge in [-0.1, -0.05) is 26.0 Å². The van der Waals surface area contributed by atoms with Crippen molar-refractivity contribution in [2.45, 2.75) is 39.7 Å². The van der Waals surface area contributed by atoms with Gasteiger partial charge >= 0.3 is 0 Å². The zero-order valence-electron chi connectivity index (χ0n) is 14.0. The number of amides is 1. The molecule has 1 fully saturated rings. The minimum atomic E-state index is -0.0151. The fraction of sp³-hybridized carbons (Fsp3) is 0.611. The number of likely N-dealkylation sites (tertiary alicyclic amines) is 1. The van der Waals surface area contributed by atoms with Gasteiger partial charge < -0.3 is 5.32 Å². The molecule has 1 heterocycles. The van der Waals surface area contributed by atoms with Crippen LogP contribution in [0.15, 0.2) is 24.3 Å². The normalized spacial score (nSPS) is 23.3. The molecule has 3 nitrogen and oxygen atoms in total. The quantitative estimate of drug-likeness (QED) is 0.761. The topological polar surface area (TPSA) is 32.3 Å². The number of hydrogen-bond donors (Lipinski definition) is 1. The number of hydrogen-bond acceptors (Lipinski definition) is 2. The molecule has 1 aromatic carbocycles. The van der Waals surface area contributed by atoms with Crippen molar-refractivity contribution in [3.8, 4) is 0 Å². The van der Waals surface area contributed by atoms with E-state index in [2.05, 4.69) is 60.5 Å². The van der Waals surface area contributed by atoms with Crippen LogP contribution in [0.5, 0.6) is 0 Å². The average Bonchev–Trinajstić information content (AvgIpc) is 2.44. The molecule has 4 heteroatoms. The summed E-state index contributed by atoms with van der Waals surface area (Å²) in [7, 11) is 0. The lowest BCUT2D eigenvalue weighted by Gasteiger charge is -2.45. The van der Waals surface area contributed by atoms with E-state index in [1.807, 2.05) is 24.3 Å². The maximum atomic E-state index is 12.4. The summed E-state index contributed by atoms with van der Waals surface area (Å²) >= 11 is 2.21. The van der Waals surface area contributed by atoms with Crippen molar-refractivity contribution in [2.24, 2.45) is 11.8 Å². The summed E-state index contributed by atoms with van der Waals surface area (Å²) < 4.78 is 0.996. The predicted molar refractivity (Wildman–Crippen MR) is 100 cm³/mol. The van der Waals surface area contributed by atoms with Gasteiger partial charge in [0.05, 0.1) is 5.56 Å². The first-order chi connectivity index (χ1) is 10.3. The van der Waals surface area contributed by atoms with Gasteiger partial charge in [-0.2, -0.15) is 0 Å². The van der Waals surface area contributed by atoms with Crippen LogP contribution in [-0.2, 0) is 0 Å². The Labute approximate surface area is 148 Å². The van der Waals surface area contributed by atoms with Gasteiger partial charge in [0.25, 0.3) is 5.91 Å². The van der Waals surface area contributed by atoms with Gasteiger partial charge in [-0.05, 0) is 66.8 Å². The van der Waals surface area contributed by atoms with E-state index in [0.717, 1.165) is 34.1 Å². The molecule has 1 saturated heterocycles. The third-order valence-corrected chi connectivity index (χ3v) is 5.47. The average molecular weight is 414 g/mol. The molecule has 1 N–H and O–H groups in total. The monoisotopic (exact) mass is 414 g/mol. The van der Waals surface area contributed by atoms with Gasteiger partial charge in [0.15, 0.2) is 0 Å². The lowest BCUT2D eigenvalue weighted by atomic mass is 9.88. The predicted octanol–water partition coefficient (Wildman–Crippen LogP) is 3.78. The van der Waals surface area contributed by atoms with Crippen LogP contribution < -0.4 is 5.32 Å². The van der Waals surface area contributed by atoms with E-state index in [1.165, 1.54) is 6.42 Å². The third-order valence-electron chi connectivity index (χ3n) is 4.52. The first kappa shape index (κ1) is 17.7. The zero-order chi connectivity index (χ0) is 16.3. The van der Waals surface area contributed by atoms with Gasteiger partial charge in [0.2, 0.25) is 0 Å². The molecular formula is C18H27IN2O. The van der Waals surface area contributed by atoms with Crippen LogP contribution >= 0.6 is 22.6 Å². The lowest BCUT2D eigenvalue weighted by molar-refractivity contribution is 0.0445. The van der Waals surface area contributed by atoms with E-state index in [4.69, 9.17) is 0 Å². The highest BCUT2D eigenvalue weighted by Crippen LogP contribution is 2.27. The van der Waals surface area contributed by atoms with Crippen molar-refractivity contribution in [1.29, 1.82) is 0 Å². The fourth-order valence-corrected chi connectivity index (χ4v) is 3.94. The number of nitrogens with one attached hydrogen (secondary N) is 1. The van der Waals surface area contributed by atoms with E-state index in [-0.39, 0.29) is 11.4 Å². The second kappa shape index (κ2) is 7.30. The van der Waals surface area contributed by atoms with Crippen molar-refractivity contribution in [3.63, 3.8) is 0 Å². The molecular weight excluding hydrogens is 387 g/mol. The first-order valence-electron chi connectivity index (χ1n) is 8.07. The Bertz CT molecular complexity index is 520. The van der Waals surface area contributed by atoms with Crippen LogP contribution in [-0.4, -0.2) is 36.0 Å². The van der Waals surface area contributed by atoms with Crippen LogP contribution in [0.1, 0.15) is 44.5 Å². The molecule has 1 amide bonds. The number of carbonyl (C=O) groups is 1. The highest BCUT2D eigenvalue weighted by molar-refractivity contribution is 14.1. The Morgan fingerprint density at radius 2 is 1.86 bits per heavy atom. The molecule has 1 aliphatic rings. The van der Waals surface area contributed by atoms with Crippen LogP contribution in [0.25, 0.3) is 0 Å². The molecule has 0 aliphatic carbocycles. The summed E-state index contributed by atoms with van der Waals surface area (Å²) in [5.41, 5.74) is 0.748. The molecule has 0 bridgehead atoms. The standard InChI is InChI=1S/C18H27IN2O/c1-13-9-14(2)11-21(10-13)18(3,4)12-20-17(22)15-7-5-6-8-16(15)19/h5-8,13-14H,9-12H2,1-4H3,(H,20,22). The van der Waals surface area contributed by atoms with Crippen molar-refractivity contribution >= 4 is 28.5 Å². The Balaban J connectivity index is 1.97. The van der Waals surface area contributed by atoms with Crippen LogP contribution in [0.4, 0.5) is 0 Å². The zero-order valence-corrected chi connectivity index (χ0v) is 16.2. The lowest BCUT2D eigenvalue weighted by Crippen LogP contribution is -2.56. The number of benzene rings is 1. The molecule has 1 aromatic rings. The summed E-state index contributed by atoms with van der Waals surface area (Å²) in [6.45, 7) is 12.0. The molecule has 0 aromatic heterocycles. The first-order valence-corrected chi connectivity index (χ1v) is 9.15. The second-order valence-corrected chi connectivity index (χ2v) is 8.49. The third kappa shape index (κ3) is 4.44. The minimum absolute atomic E-state index is 0.0151. The van der Waals surface area contributed by atoms with Crippen molar-refractivity contribution in [3.05, 3.63) is 33.4 Å². The van der Waals surface area contributed by atoms with Crippen molar-refractivity contribution in [2.75, 3.05) is 19.6 Å². The van der Waals surface area contributed by atoms with E-state index in [9.17, 15) is 4.79 Å². The molecule has 2 rings (SSSR count). The Morgan fingerprint density at radius 1 is 1.27 bits per heavy atom. The van der Waals surface area contributed by atoms with Gasteiger partial charge in [-0.25, -0.2) is 0 Å². The van der Waals surface area contributed by atoms with E-state index >= 15 is 0 Å². The van der Waals surface area contributed by atoms with Crippen LogP contribution in [0.3, 0.4) is 0 Å². The maximum Gasteiger partial charge on any atom is 0.252 e. The fourth-order valence-electron chi connectivity index (χ4n) is 3.31. The summed E-state index contributed by atoms with van der Waals surface area (Å²) in [6, 6.07) is 7.72. The molecule has 122 valence electrons. The molecule has 0 radical (unpaired) electrons. The highest BCUT2D eigenvalue weighted by Gasteiger charge is 2.33. The van der Waals surface area contributed by atoms with Gasteiger partial charge in [0, 0.05) is 28.7 Å². The summed E-state index contributed by atoms with van der Waals surface area (Å²) in [5, 5.41) is 3.12. The Hall–Kier alpha value is -0.620. The Morgan fingerprint density at radius 3 is 2.45 bits per heavy atom. The molecule has 0 spiro atoms. The van der Waals surface area contributed by atoms with E-state index < -0.39 is 0 Å². The molecule has 22 heavy (non-hydrogen) atoms. The SMILES string of the molecule is CC1CC(C)CN(C(C)(C)CNC(=O)c2ccccc2I)C1. The highest BCUT2D eigenvalue weighted by atomic mass is 127. The van der Waals surface area contributed by atoms with Crippen LogP contribution in [0.2, 0.25) is 0 Å². The molecule has 1 aliphatic heterocycles. The van der Waals surface area contributed by atoms with Gasteiger partial charge in [-0.3, -0.25) is 9.69 Å². The van der Waals surface area contributed by atoms with E-state index in [0.29, 0.717) is 6.54 Å². The van der Waals surface area contributed by atoms with Crippen molar-refractivity contribution < 1.29 is 4.79 Å². The summed E-state index contributed by atoms with van der Waals surface area (Å²) in [4.78, 5) is 14.9. The summed E-state index contributed by atoms with van der Waals surface area (Å²) in [5.74, 6) is 1.48. The Kier molecular flexibility index (Phi) is 5.88. The van der Waals surface area contributed by atoms with Gasteiger partial charge in [0.1, 0.15) is 0 Å². The smallest absolute Gasteiger partial charge is 0.252 e. The largest absolute Gasteiger partial charge is 0.350 e. The molecule has 0 saturated carbocycles. The van der Waals surface area contributed by atoms with Gasteiger partial charge in [-0.15, -0.1) is 0 Å². The minimum Gasteiger partial charge on any atom is -0.350 e. The van der Waals surface area contributed by atoms with E-state index in [1.54, 1.807) is 0 Å². The number of nitrogens with zero attached hydrogens (tertiary/aromatic N) is 1. The maximum absolute atomic E-state index is 12.4. The second-order valence-electron chi connectivity index (χ2n) is 7.33. The van der Waals surface area contributed by atoms with Crippen LogP contribution in [0, 0.1) is 15.4 Å². The number of rotatable bonds is 4. The molecule has 2 unspecified atom stereocenters. The number of piperidine rings is 1. The van der Waals surface area contributed by atoms with Crippen molar-refractivity contribution in [1.82, 2.24) is 10.2 Å². The number of halogens is 1. The summed E-state index contributed by atoms with van der Waals surface area (Å²) in [6.07, 6.45) is 1.31. The molecule has 2 atom stereocenters. The number of carbonyl (C=O) groups excluding carboxylic acids is 1.